The largest absolute Gasteiger partial charge is 0.483 e. The molecule has 0 bridgehead atoms. The van der Waals surface area contributed by atoms with Gasteiger partial charge in [0, 0.05) is 44.5 Å². The highest BCUT2D eigenvalue weighted by Gasteiger charge is 2.25. The van der Waals surface area contributed by atoms with Gasteiger partial charge in [0.05, 0.1) is 0 Å². The number of rotatable bonds is 4. The van der Waals surface area contributed by atoms with E-state index < -0.39 is 0 Å². The third kappa shape index (κ3) is 3.60. The van der Waals surface area contributed by atoms with E-state index in [9.17, 15) is 9.59 Å². The number of benzene rings is 4. The fraction of sp³-hybridized carbons (Fsp3) is 0.280. The molecule has 0 N–H and O–H groups in total. The Labute approximate surface area is 202 Å². The molecule has 0 aromatic heterocycles. The van der Waals surface area contributed by atoms with Crippen LogP contribution in [0, 0.1) is 5.92 Å². The summed E-state index contributed by atoms with van der Waals surface area (Å²) in [6.45, 7) is 2.77. The maximum Gasteiger partial charge on any atom is 0.260 e. The molecule has 0 spiro atoms. The predicted molar refractivity (Wildman–Crippen MR) is 137 cm³/mol. The fourth-order valence-corrected chi connectivity index (χ4v) is 5.83. The summed E-state index contributed by atoms with van der Waals surface area (Å²) in [6.07, 6.45) is 1.44. The van der Waals surface area contributed by atoms with Gasteiger partial charge in [-0.3, -0.25) is 9.59 Å². The van der Waals surface area contributed by atoms with E-state index in [1.165, 1.54) is 0 Å². The van der Waals surface area contributed by atoms with Gasteiger partial charge in [0.15, 0.2) is 6.61 Å². The van der Waals surface area contributed by atoms with Gasteiger partial charge in [0.1, 0.15) is 11.5 Å². The molecule has 164 valence electrons. The van der Waals surface area contributed by atoms with Gasteiger partial charge in [-0.25, -0.2) is 0 Å². The summed E-state index contributed by atoms with van der Waals surface area (Å²) < 4.78 is 6.05. The molecule has 0 saturated carbocycles. The van der Waals surface area contributed by atoms with E-state index in [1.54, 1.807) is 11.8 Å². The molecular formula is C25H23NO3S3. The first-order chi connectivity index (χ1) is 15.3. The lowest BCUT2D eigenvalue weighted by molar-refractivity contribution is -0.136. The lowest BCUT2D eigenvalue weighted by atomic mass is 9.93. The summed E-state index contributed by atoms with van der Waals surface area (Å²) in [5, 5.41) is 6.19. The molecule has 1 fully saturated rings. The minimum absolute atomic E-state index is 0.0441. The van der Waals surface area contributed by atoms with E-state index in [4.69, 9.17) is 17.4 Å². The Balaban J connectivity index is 1.49. The number of Topliss-reactive ketones (excluding diaryl/α,β-unsaturated/α-hetero) is 1. The average molecular weight is 482 g/mol. The number of ether oxygens (including phenoxy) is 1. The number of hydrogen-bond acceptors (Lipinski definition) is 6. The molecule has 1 aliphatic rings. The van der Waals surface area contributed by atoms with E-state index in [-0.39, 0.29) is 24.2 Å². The van der Waals surface area contributed by atoms with Crippen molar-refractivity contribution in [2.45, 2.75) is 34.5 Å². The van der Waals surface area contributed by atoms with Crippen molar-refractivity contribution >= 4 is 81.9 Å². The Kier molecular flexibility index (Phi) is 5.68. The molecule has 32 heavy (non-hydrogen) atoms. The predicted octanol–water partition coefficient (Wildman–Crippen LogP) is 5.66. The first-order valence-electron chi connectivity index (χ1n) is 10.6. The van der Waals surface area contributed by atoms with E-state index >= 15 is 0 Å². The maximum atomic E-state index is 12.8. The van der Waals surface area contributed by atoms with Crippen molar-refractivity contribution in [3.05, 3.63) is 36.4 Å². The number of piperidine rings is 1. The van der Waals surface area contributed by atoms with E-state index in [0.29, 0.717) is 18.8 Å². The van der Waals surface area contributed by atoms with Gasteiger partial charge >= 0.3 is 0 Å². The average Bonchev–Trinajstić information content (AvgIpc) is 2.79. The molecule has 5 rings (SSSR count). The number of hydrogen-bond donors (Lipinski definition) is 3. The second-order valence-corrected chi connectivity index (χ2v) is 9.88. The molecule has 0 unspecified atom stereocenters. The molecule has 1 amide bonds. The van der Waals surface area contributed by atoms with Gasteiger partial charge in [-0.1, -0.05) is 18.2 Å². The molecular weight excluding hydrogens is 458 g/mol. The van der Waals surface area contributed by atoms with Crippen LogP contribution in [-0.4, -0.2) is 36.3 Å². The molecule has 0 aliphatic carbocycles. The highest BCUT2D eigenvalue weighted by atomic mass is 32.1. The molecule has 1 heterocycles. The highest BCUT2D eigenvalue weighted by molar-refractivity contribution is 7.81. The monoisotopic (exact) mass is 481 g/mol. The summed E-state index contributed by atoms with van der Waals surface area (Å²) in [5.74, 6) is 0.845. The highest BCUT2D eigenvalue weighted by Crippen LogP contribution is 2.44. The minimum Gasteiger partial charge on any atom is -0.483 e. The number of ketones is 1. The quantitative estimate of drug-likeness (QED) is 0.261. The molecule has 4 nitrogen and oxygen atoms in total. The summed E-state index contributed by atoms with van der Waals surface area (Å²) in [5.41, 5.74) is 0. The van der Waals surface area contributed by atoms with Gasteiger partial charge in [-0.05, 0) is 59.5 Å². The van der Waals surface area contributed by atoms with Crippen LogP contribution in [0.1, 0.15) is 19.8 Å². The van der Waals surface area contributed by atoms with Gasteiger partial charge in [-0.2, -0.15) is 0 Å². The summed E-state index contributed by atoms with van der Waals surface area (Å²) in [4.78, 5) is 28.7. The van der Waals surface area contributed by atoms with Crippen LogP contribution in [0.5, 0.6) is 5.75 Å². The number of likely N-dealkylation sites (tertiary alicyclic amines) is 1. The van der Waals surface area contributed by atoms with Crippen molar-refractivity contribution in [1.29, 1.82) is 0 Å². The number of carbonyl (C=O) groups excluding carboxylic acids is 2. The standard InChI is InChI=1S/C25H23NO3S3/c1-13(27)14-6-8-26(9-7-14)23(28)12-29-19-10-20(30)16-4-5-18-22(32)11-21(31)17-3-2-15(19)24(16)25(17)18/h2-5,10-11,14,30-32H,6-9,12H2,1H3. The SMILES string of the molecule is CC(=O)C1CCN(C(=O)COc2cc(S)c3ccc4c(S)cc(S)c5ccc2c3c45)CC1. The van der Waals surface area contributed by atoms with Crippen molar-refractivity contribution in [2.75, 3.05) is 19.7 Å². The van der Waals surface area contributed by atoms with Crippen molar-refractivity contribution in [2.24, 2.45) is 5.92 Å². The zero-order valence-corrected chi connectivity index (χ0v) is 20.3. The lowest BCUT2D eigenvalue weighted by Crippen LogP contribution is -2.42. The van der Waals surface area contributed by atoms with Crippen molar-refractivity contribution in [3.63, 3.8) is 0 Å². The zero-order valence-electron chi connectivity index (χ0n) is 17.6. The minimum atomic E-state index is -0.0614. The van der Waals surface area contributed by atoms with Crippen LogP contribution in [0.4, 0.5) is 0 Å². The Bertz CT molecular complexity index is 1350. The van der Waals surface area contributed by atoms with Gasteiger partial charge in [0.25, 0.3) is 5.91 Å². The van der Waals surface area contributed by atoms with Crippen LogP contribution in [0.25, 0.3) is 32.3 Å². The molecule has 1 aliphatic heterocycles. The third-order valence-electron chi connectivity index (χ3n) is 6.57. The van der Waals surface area contributed by atoms with E-state index in [1.807, 2.05) is 24.3 Å². The Hall–Kier alpha value is -2.09. The summed E-state index contributed by atoms with van der Waals surface area (Å²) in [6, 6.07) is 12.0. The van der Waals surface area contributed by atoms with Crippen molar-refractivity contribution in [1.82, 2.24) is 4.90 Å². The first-order valence-corrected chi connectivity index (χ1v) is 12.0. The van der Waals surface area contributed by atoms with Crippen LogP contribution in [0.2, 0.25) is 0 Å². The molecule has 1 saturated heterocycles. The number of nitrogens with zero attached hydrogens (tertiary/aromatic N) is 1. The van der Waals surface area contributed by atoms with Crippen molar-refractivity contribution < 1.29 is 14.3 Å². The van der Waals surface area contributed by atoms with Crippen LogP contribution in [-0.2, 0) is 9.59 Å². The molecule has 7 heteroatoms. The molecule has 0 atom stereocenters. The van der Waals surface area contributed by atoms with E-state index in [0.717, 1.165) is 59.8 Å². The Morgan fingerprint density at radius 3 is 1.94 bits per heavy atom. The fourth-order valence-electron chi connectivity index (χ4n) is 4.79. The Morgan fingerprint density at radius 1 is 0.875 bits per heavy atom. The smallest absolute Gasteiger partial charge is 0.260 e. The third-order valence-corrected chi connectivity index (χ3v) is 7.68. The first kappa shape index (κ1) is 21.7. The van der Waals surface area contributed by atoms with Gasteiger partial charge < -0.3 is 9.64 Å². The zero-order chi connectivity index (χ0) is 22.6. The number of thiol groups is 3. The Morgan fingerprint density at radius 2 is 1.38 bits per heavy atom. The molecule has 4 aromatic carbocycles. The van der Waals surface area contributed by atoms with Crippen LogP contribution in [0.3, 0.4) is 0 Å². The second kappa shape index (κ2) is 8.36. The van der Waals surface area contributed by atoms with Crippen molar-refractivity contribution in [3.8, 4) is 5.75 Å². The van der Waals surface area contributed by atoms with E-state index in [2.05, 4.69) is 37.4 Å². The second-order valence-electron chi connectivity index (χ2n) is 8.43. The summed E-state index contributed by atoms with van der Waals surface area (Å²) in [7, 11) is 0. The number of amides is 1. The van der Waals surface area contributed by atoms with Gasteiger partial charge in [-0.15, -0.1) is 37.9 Å². The van der Waals surface area contributed by atoms with Gasteiger partial charge in [0.2, 0.25) is 0 Å². The normalized spacial score (nSPS) is 15.2. The van der Waals surface area contributed by atoms with Crippen LogP contribution in [0.15, 0.2) is 51.1 Å². The van der Waals surface area contributed by atoms with Crippen LogP contribution >= 0.6 is 37.9 Å². The molecule has 4 aromatic rings. The summed E-state index contributed by atoms with van der Waals surface area (Å²) >= 11 is 14.0. The number of carbonyl (C=O) groups is 2. The maximum absolute atomic E-state index is 12.8. The van der Waals surface area contributed by atoms with Crippen LogP contribution < -0.4 is 4.74 Å². The molecule has 0 radical (unpaired) electrons. The topological polar surface area (TPSA) is 46.6 Å². The lowest BCUT2D eigenvalue weighted by Gasteiger charge is -2.30.